The molecule has 0 saturated carbocycles. The summed E-state index contributed by atoms with van der Waals surface area (Å²) < 4.78 is 0. The maximum Gasteiger partial charge on any atom is 4.00 e. The third-order valence-corrected chi connectivity index (χ3v) is 1.17. The van der Waals surface area contributed by atoms with E-state index >= 15 is 0 Å². The zero-order chi connectivity index (χ0) is 11.1. The van der Waals surface area contributed by atoms with Gasteiger partial charge in [0.2, 0.25) is 0 Å². The van der Waals surface area contributed by atoms with E-state index in [0.717, 1.165) is 12.8 Å². The third-order valence-electron chi connectivity index (χ3n) is 1.17. The first-order valence-corrected chi connectivity index (χ1v) is 4.85. The second-order valence-electron chi connectivity index (χ2n) is 2.01. The average Bonchev–Trinajstić information content (AvgIpc) is 3.01. The van der Waals surface area contributed by atoms with Crippen LogP contribution in [0.15, 0.2) is 36.5 Å². The summed E-state index contributed by atoms with van der Waals surface area (Å²) in [6.07, 6.45) is 20.0. The van der Waals surface area contributed by atoms with Crippen molar-refractivity contribution in [2.75, 3.05) is 0 Å². The van der Waals surface area contributed by atoms with E-state index in [-0.39, 0.29) is 21.7 Å². The molecule has 0 aromatic carbocycles. The molecule has 1 heteroatoms. The summed E-state index contributed by atoms with van der Waals surface area (Å²) in [5.74, 6) is 0. The predicted octanol–water partition coefficient (Wildman–Crippen LogP) is 4.29. The zero-order valence-corrected chi connectivity index (χ0v) is 11.4. The van der Waals surface area contributed by atoms with Crippen molar-refractivity contribution in [1.29, 1.82) is 0 Å². The molecule has 0 N–H and O–H groups in total. The Balaban J connectivity index is -0.000000138. The predicted molar refractivity (Wildman–Crippen MR) is 65.2 cm³/mol. The van der Waals surface area contributed by atoms with Gasteiger partial charge < -0.3 is 13.8 Å². The first-order chi connectivity index (χ1) is 7.00. The number of hydrogen-bond donors (Lipinski definition) is 0. The van der Waals surface area contributed by atoms with E-state index in [1.807, 2.05) is 24.3 Å². The molecule has 0 atom stereocenters. The fourth-order valence-corrected chi connectivity index (χ4v) is 0.680. The Kier molecular flexibility index (Phi) is 31.5. The molecule has 2 aliphatic carbocycles. The Bertz CT molecular complexity index is 144. The smallest absolute Gasteiger partial charge is 0.346 e. The van der Waals surface area contributed by atoms with Gasteiger partial charge in [-0.25, -0.2) is 24.3 Å². The molecule has 0 aliphatic heterocycles. The topological polar surface area (TPSA) is 0 Å². The van der Waals surface area contributed by atoms with Crippen molar-refractivity contribution in [3.05, 3.63) is 62.5 Å². The number of hydrogen-bond acceptors (Lipinski definition) is 0. The quantitative estimate of drug-likeness (QED) is 0.434. The molecular formula is C14H20Ti. The van der Waals surface area contributed by atoms with Gasteiger partial charge in [0.25, 0.3) is 0 Å². The van der Waals surface area contributed by atoms with Crippen molar-refractivity contribution in [3.63, 3.8) is 0 Å². The molecule has 2 rings (SSSR count). The van der Waals surface area contributed by atoms with E-state index in [1.165, 1.54) is 0 Å². The van der Waals surface area contributed by atoms with Crippen molar-refractivity contribution >= 4 is 0 Å². The number of rotatable bonds is 0. The fourth-order valence-electron chi connectivity index (χ4n) is 0.680. The Morgan fingerprint density at radius 1 is 0.800 bits per heavy atom. The van der Waals surface area contributed by atoms with Crippen molar-refractivity contribution in [2.24, 2.45) is 0 Å². The molecule has 80 valence electrons. The van der Waals surface area contributed by atoms with Gasteiger partial charge in [-0.05, 0) is 0 Å². The molecule has 0 amide bonds. The summed E-state index contributed by atoms with van der Waals surface area (Å²) in [5, 5.41) is 0. The van der Waals surface area contributed by atoms with Gasteiger partial charge in [-0.3, -0.25) is 12.2 Å². The van der Waals surface area contributed by atoms with Crippen LogP contribution < -0.4 is 0 Å². The SMILES string of the molecule is [C-]1=CC=CC1.[C-]1=CC=CC1.[CH2-]C.[CH2-]C.[Ti+4]. The van der Waals surface area contributed by atoms with Gasteiger partial charge in [0.05, 0.1) is 0 Å². The minimum Gasteiger partial charge on any atom is -0.346 e. The Labute approximate surface area is 111 Å². The first-order valence-electron chi connectivity index (χ1n) is 4.85. The van der Waals surface area contributed by atoms with E-state index in [2.05, 4.69) is 38.2 Å². The second kappa shape index (κ2) is 23.5. The van der Waals surface area contributed by atoms with Crippen molar-refractivity contribution in [2.45, 2.75) is 26.7 Å². The average molecular weight is 236 g/mol. The van der Waals surface area contributed by atoms with Gasteiger partial charge in [0.15, 0.2) is 0 Å². The zero-order valence-electron chi connectivity index (χ0n) is 9.79. The van der Waals surface area contributed by atoms with Gasteiger partial charge in [0.1, 0.15) is 0 Å². The molecule has 0 unspecified atom stereocenters. The van der Waals surface area contributed by atoms with E-state index in [9.17, 15) is 0 Å². The van der Waals surface area contributed by atoms with Crippen molar-refractivity contribution in [1.82, 2.24) is 0 Å². The first kappa shape index (κ1) is 20.1. The monoisotopic (exact) mass is 236 g/mol. The van der Waals surface area contributed by atoms with Crippen LogP contribution in [-0.4, -0.2) is 0 Å². The van der Waals surface area contributed by atoms with Gasteiger partial charge in [-0.1, -0.05) is 0 Å². The molecule has 0 spiro atoms. The van der Waals surface area contributed by atoms with Gasteiger partial charge >= 0.3 is 21.7 Å². The van der Waals surface area contributed by atoms with Crippen LogP contribution in [0.4, 0.5) is 0 Å². The molecular weight excluding hydrogens is 216 g/mol. The maximum absolute atomic E-state index is 3.25. The van der Waals surface area contributed by atoms with Gasteiger partial charge in [-0.15, -0.1) is 12.8 Å². The largest absolute Gasteiger partial charge is 4.00 e. The Morgan fingerprint density at radius 2 is 1.13 bits per heavy atom. The van der Waals surface area contributed by atoms with E-state index in [0.29, 0.717) is 0 Å². The van der Waals surface area contributed by atoms with Crippen LogP contribution in [0.2, 0.25) is 0 Å². The van der Waals surface area contributed by atoms with Crippen molar-refractivity contribution in [3.8, 4) is 0 Å². The summed E-state index contributed by atoms with van der Waals surface area (Å²) in [7, 11) is 0. The van der Waals surface area contributed by atoms with Gasteiger partial charge in [-0.2, -0.15) is 26.0 Å². The molecule has 0 radical (unpaired) electrons. The molecule has 2 aliphatic rings. The number of allylic oxidation sites excluding steroid dienone is 8. The standard InChI is InChI=1S/2C5H5.2C2H5.Ti/c2*1-2-4-5-3-1;2*1-2;/h2*1-3H,4H2;2*1H2,2H3;/q4*-1;+4. The van der Waals surface area contributed by atoms with Crippen LogP contribution in [0.1, 0.15) is 26.7 Å². The fraction of sp³-hybridized carbons (Fsp3) is 0.286. The normalized spacial score (nSPS) is 12.5. The van der Waals surface area contributed by atoms with Crippen LogP contribution >= 0.6 is 0 Å². The molecule has 0 aromatic rings. The van der Waals surface area contributed by atoms with Crippen LogP contribution in [0.5, 0.6) is 0 Å². The minimum atomic E-state index is 0. The second-order valence-corrected chi connectivity index (χ2v) is 2.01. The maximum atomic E-state index is 3.25. The van der Waals surface area contributed by atoms with E-state index < -0.39 is 0 Å². The molecule has 0 saturated heterocycles. The van der Waals surface area contributed by atoms with Crippen molar-refractivity contribution < 1.29 is 21.7 Å². The van der Waals surface area contributed by atoms with E-state index in [4.69, 9.17) is 0 Å². The minimum absolute atomic E-state index is 0. The van der Waals surface area contributed by atoms with Crippen LogP contribution in [0.25, 0.3) is 0 Å². The van der Waals surface area contributed by atoms with Crippen LogP contribution in [0, 0.1) is 26.0 Å². The molecule has 0 aromatic heterocycles. The molecule has 0 bridgehead atoms. The summed E-state index contributed by atoms with van der Waals surface area (Å²) in [4.78, 5) is 0. The Morgan fingerprint density at radius 3 is 1.20 bits per heavy atom. The summed E-state index contributed by atoms with van der Waals surface area (Å²) in [6, 6.07) is 0. The summed E-state index contributed by atoms with van der Waals surface area (Å²) in [5.41, 5.74) is 0. The third kappa shape index (κ3) is 19.9. The summed E-state index contributed by atoms with van der Waals surface area (Å²) >= 11 is 0. The van der Waals surface area contributed by atoms with Crippen LogP contribution in [0.3, 0.4) is 0 Å². The molecule has 0 heterocycles. The van der Waals surface area contributed by atoms with Gasteiger partial charge in [0, 0.05) is 0 Å². The molecule has 0 nitrogen and oxygen atoms in total. The molecule has 0 fully saturated rings. The van der Waals surface area contributed by atoms with Crippen LogP contribution in [-0.2, 0) is 21.7 Å². The van der Waals surface area contributed by atoms with E-state index in [1.54, 1.807) is 13.8 Å². The Hall–Kier alpha value is -0.326. The summed E-state index contributed by atoms with van der Waals surface area (Å²) in [6.45, 7) is 10.0. The molecule has 15 heavy (non-hydrogen) atoms.